The Balaban J connectivity index is 1.95. The highest BCUT2D eigenvalue weighted by Gasteiger charge is 2.35. The van der Waals surface area contributed by atoms with Gasteiger partial charge < -0.3 is 15.2 Å². The third kappa shape index (κ3) is 2.52. The third-order valence-corrected chi connectivity index (χ3v) is 5.55. The van der Waals surface area contributed by atoms with Crippen molar-refractivity contribution in [2.75, 3.05) is 7.11 Å². The summed E-state index contributed by atoms with van der Waals surface area (Å²) in [4.78, 5) is 0. The minimum atomic E-state index is -0.393. The maximum absolute atomic E-state index is 10.0. The maximum atomic E-state index is 10.0. The first-order chi connectivity index (χ1) is 14.2. The molecule has 4 nitrogen and oxygen atoms in total. The summed E-state index contributed by atoms with van der Waals surface area (Å²) in [6.45, 7) is 0. The number of rotatable bonds is 2. The summed E-state index contributed by atoms with van der Waals surface area (Å²) in [5.41, 5.74) is 8.45. The highest BCUT2D eigenvalue weighted by Crippen LogP contribution is 2.49. The Morgan fingerprint density at radius 3 is 2.14 bits per heavy atom. The second kappa shape index (κ2) is 6.57. The van der Waals surface area contributed by atoms with Crippen molar-refractivity contribution in [2.45, 2.75) is 5.92 Å². The lowest BCUT2D eigenvalue weighted by Gasteiger charge is -2.29. The van der Waals surface area contributed by atoms with Gasteiger partial charge in [0.05, 0.1) is 13.0 Å². The molecule has 1 atom stereocenters. The van der Waals surface area contributed by atoms with Crippen LogP contribution in [0.1, 0.15) is 17.0 Å². The molecule has 0 spiro atoms. The van der Waals surface area contributed by atoms with E-state index < -0.39 is 5.92 Å². The molecule has 0 aromatic heterocycles. The smallest absolute Gasteiger partial charge is 0.205 e. The molecule has 1 aliphatic heterocycles. The van der Waals surface area contributed by atoms with Crippen LogP contribution in [0.2, 0.25) is 0 Å². The van der Waals surface area contributed by atoms with Crippen LogP contribution >= 0.6 is 0 Å². The topological polar surface area (TPSA) is 68.3 Å². The SMILES string of the molecule is COc1ccc2ccccc2c1[C@H]1C(C#N)=C(N)Oc2ccc3ccccc3c21. The van der Waals surface area contributed by atoms with Gasteiger partial charge in [-0.25, -0.2) is 0 Å². The Labute approximate surface area is 168 Å². The van der Waals surface area contributed by atoms with E-state index in [0.717, 1.165) is 38.4 Å². The molecule has 2 N–H and O–H groups in total. The molecular formula is C25H18N2O2. The molecule has 5 rings (SSSR count). The summed E-state index contributed by atoms with van der Waals surface area (Å²) >= 11 is 0. The molecule has 4 heteroatoms. The van der Waals surface area contributed by atoms with E-state index in [2.05, 4.69) is 30.3 Å². The molecule has 0 bridgehead atoms. The Hall–Kier alpha value is -3.97. The number of methoxy groups -OCH3 is 1. The van der Waals surface area contributed by atoms with Gasteiger partial charge >= 0.3 is 0 Å². The minimum Gasteiger partial charge on any atom is -0.496 e. The van der Waals surface area contributed by atoms with Gasteiger partial charge in [-0.1, -0.05) is 60.7 Å². The van der Waals surface area contributed by atoms with E-state index in [1.807, 2.05) is 48.5 Å². The van der Waals surface area contributed by atoms with Gasteiger partial charge in [0.2, 0.25) is 5.88 Å². The van der Waals surface area contributed by atoms with Gasteiger partial charge in [-0.3, -0.25) is 0 Å². The molecule has 0 unspecified atom stereocenters. The Kier molecular flexibility index (Phi) is 3.89. The zero-order valence-electron chi connectivity index (χ0n) is 15.8. The minimum absolute atomic E-state index is 0.135. The van der Waals surface area contributed by atoms with Crippen molar-refractivity contribution in [1.29, 1.82) is 5.26 Å². The molecule has 0 fully saturated rings. The lowest BCUT2D eigenvalue weighted by molar-refractivity contribution is 0.388. The van der Waals surface area contributed by atoms with Gasteiger partial charge in [-0.05, 0) is 33.7 Å². The van der Waals surface area contributed by atoms with E-state index >= 15 is 0 Å². The molecule has 0 saturated heterocycles. The summed E-state index contributed by atoms with van der Waals surface area (Å²) in [5, 5.41) is 14.2. The predicted octanol–water partition coefficient (Wildman–Crippen LogP) is 5.22. The molecule has 0 amide bonds. The van der Waals surface area contributed by atoms with Crippen molar-refractivity contribution in [3.8, 4) is 17.6 Å². The number of ether oxygens (including phenoxy) is 2. The highest BCUT2D eigenvalue weighted by molar-refractivity contribution is 5.94. The number of benzene rings is 4. The average molecular weight is 378 g/mol. The van der Waals surface area contributed by atoms with Gasteiger partial charge in [-0.15, -0.1) is 0 Å². The van der Waals surface area contributed by atoms with Gasteiger partial charge in [-0.2, -0.15) is 5.26 Å². The van der Waals surface area contributed by atoms with Crippen LogP contribution in [0.3, 0.4) is 0 Å². The fourth-order valence-corrected chi connectivity index (χ4v) is 4.28. The quantitative estimate of drug-likeness (QED) is 0.519. The second-order valence-electron chi connectivity index (χ2n) is 7.03. The zero-order valence-corrected chi connectivity index (χ0v) is 15.8. The molecule has 1 aliphatic rings. The van der Waals surface area contributed by atoms with Crippen LogP contribution < -0.4 is 15.2 Å². The van der Waals surface area contributed by atoms with Gasteiger partial charge in [0.25, 0.3) is 0 Å². The standard InChI is InChI=1S/C25H18N2O2/c1-28-20-12-10-15-6-2-4-8-17(15)22(20)24-19(14-26)25(27)29-21-13-11-16-7-3-5-9-18(16)23(21)24/h2-13,24H,27H2,1H3/t24-/m1/s1. The number of nitriles is 1. The largest absolute Gasteiger partial charge is 0.496 e. The van der Waals surface area contributed by atoms with E-state index in [9.17, 15) is 5.26 Å². The summed E-state index contributed by atoms with van der Waals surface area (Å²) in [7, 11) is 1.65. The lowest BCUT2D eigenvalue weighted by Crippen LogP contribution is -2.22. The van der Waals surface area contributed by atoms with Crippen LogP contribution in [-0.2, 0) is 0 Å². The van der Waals surface area contributed by atoms with Crippen LogP contribution in [0.25, 0.3) is 21.5 Å². The molecule has 29 heavy (non-hydrogen) atoms. The molecular weight excluding hydrogens is 360 g/mol. The summed E-state index contributed by atoms with van der Waals surface area (Å²) in [6.07, 6.45) is 0. The molecule has 4 aromatic rings. The monoisotopic (exact) mass is 378 g/mol. The molecule has 1 heterocycles. The summed E-state index contributed by atoms with van der Waals surface area (Å²) < 4.78 is 11.6. The molecule has 0 radical (unpaired) electrons. The number of allylic oxidation sites excluding steroid dienone is 1. The first-order valence-electron chi connectivity index (χ1n) is 9.37. The normalized spacial score (nSPS) is 15.7. The van der Waals surface area contributed by atoms with Crippen molar-refractivity contribution in [1.82, 2.24) is 0 Å². The Bertz CT molecular complexity index is 1350. The fraction of sp³-hybridized carbons (Fsp3) is 0.0800. The van der Waals surface area contributed by atoms with Crippen molar-refractivity contribution < 1.29 is 9.47 Å². The van der Waals surface area contributed by atoms with Crippen LogP contribution in [-0.4, -0.2) is 7.11 Å². The van der Waals surface area contributed by atoms with Crippen molar-refractivity contribution in [3.05, 3.63) is 95.4 Å². The Morgan fingerprint density at radius 2 is 1.48 bits per heavy atom. The number of hydrogen-bond donors (Lipinski definition) is 1. The van der Waals surface area contributed by atoms with E-state index in [1.54, 1.807) is 7.11 Å². The van der Waals surface area contributed by atoms with Crippen molar-refractivity contribution >= 4 is 21.5 Å². The van der Waals surface area contributed by atoms with Gasteiger partial charge in [0.1, 0.15) is 23.1 Å². The first-order valence-corrected chi connectivity index (χ1v) is 9.37. The van der Waals surface area contributed by atoms with Crippen LogP contribution in [0.15, 0.2) is 84.3 Å². The maximum Gasteiger partial charge on any atom is 0.205 e. The lowest BCUT2D eigenvalue weighted by atomic mass is 9.79. The molecule has 0 saturated carbocycles. The average Bonchev–Trinajstić information content (AvgIpc) is 2.77. The van der Waals surface area contributed by atoms with E-state index in [1.165, 1.54) is 0 Å². The zero-order chi connectivity index (χ0) is 20.0. The van der Waals surface area contributed by atoms with Crippen molar-refractivity contribution in [3.63, 3.8) is 0 Å². The van der Waals surface area contributed by atoms with Crippen LogP contribution in [0.5, 0.6) is 11.5 Å². The van der Waals surface area contributed by atoms with Crippen molar-refractivity contribution in [2.24, 2.45) is 5.73 Å². The number of hydrogen-bond acceptors (Lipinski definition) is 4. The Morgan fingerprint density at radius 1 is 0.862 bits per heavy atom. The summed E-state index contributed by atoms with van der Waals surface area (Å²) in [5.74, 6) is 1.13. The van der Waals surface area contributed by atoms with Crippen LogP contribution in [0.4, 0.5) is 0 Å². The van der Waals surface area contributed by atoms with Gasteiger partial charge in [0.15, 0.2) is 0 Å². The fourth-order valence-electron chi connectivity index (χ4n) is 4.28. The predicted molar refractivity (Wildman–Crippen MR) is 114 cm³/mol. The second-order valence-corrected chi connectivity index (χ2v) is 7.03. The summed E-state index contributed by atoms with van der Waals surface area (Å²) in [6, 6.07) is 26.4. The number of fused-ring (bicyclic) bond motifs is 4. The van der Waals surface area contributed by atoms with Crippen LogP contribution in [0, 0.1) is 11.3 Å². The van der Waals surface area contributed by atoms with E-state index in [4.69, 9.17) is 15.2 Å². The van der Waals surface area contributed by atoms with Gasteiger partial charge in [0, 0.05) is 11.1 Å². The van der Waals surface area contributed by atoms with E-state index in [-0.39, 0.29) is 5.88 Å². The number of nitrogens with zero attached hydrogens (tertiary/aromatic N) is 1. The highest BCUT2D eigenvalue weighted by atomic mass is 16.5. The molecule has 140 valence electrons. The first kappa shape index (κ1) is 17.2. The molecule has 4 aromatic carbocycles. The van der Waals surface area contributed by atoms with E-state index in [0.29, 0.717) is 11.3 Å². The molecule has 0 aliphatic carbocycles. The number of nitrogens with two attached hydrogens (primary N) is 1. The third-order valence-electron chi connectivity index (χ3n) is 5.55.